The summed E-state index contributed by atoms with van der Waals surface area (Å²) >= 11 is 0. The average Bonchev–Trinajstić information content (AvgIpc) is 3.39. The number of hydrogen-bond donors (Lipinski definition) is 2. The van der Waals surface area contributed by atoms with E-state index in [0.717, 1.165) is 12.0 Å². The number of Topliss-reactive ketones (excluding diaryl/α,β-unsaturated/α-hetero) is 2. The van der Waals surface area contributed by atoms with E-state index in [2.05, 4.69) is 0 Å². The fourth-order valence-electron chi connectivity index (χ4n) is 6.48. The quantitative estimate of drug-likeness (QED) is 0.490. The summed E-state index contributed by atoms with van der Waals surface area (Å²) < 4.78 is 10.5. The second-order valence-electron chi connectivity index (χ2n) is 10.2. The van der Waals surface area contributed by atoms with Gasteiger partial charge in [-0.2, -0.15) is 0 Å². The van der Waals surface area contributed by atoms with Crippen molar-refractivity contribution in [2.24, 2.45) is 29.1 Å². The Morgan fingerprint density at radius 1 is 1.25 bits per heavy atom. The van der Waals surface area contributed by atoms with Crippen LogP contribution >= 0.6 is 0 Å². The Labute approximate surface area is 187 Å². The van der Waals surface area contributed by atoms with Crippen molar-refractivity contribution in [3.05, 3.63) is 35.3 Å². The number of ketones is 2. The fourth-order valence-corrected chi connectivity index (χ4v) is 6.48. The highest BCUT2D eigenvalue weighted by Gasteiger charge is 2.77. The summed E-state index contributed by atoms with van der Waals surface area (Å²) in [6, 6.07) is 1.68. The van der Waals surface area contributed by atoms with Gasteiger partial charge in [0.2, 0.25) is 11.6 Å². The molecule has 0 radical (unpaired) electrons. The molecule has 7 heteroatoms. The molecule has 0 saturated heterocycles. The summed E-state index contributed by atoms with van der Waals surface area (Å²) in [5.74, 6) is -3.93. The number of aliphatic hydroxyl groups is 2. The Hall–Kier alpha value is -2.25. The van der Waals surface area contributed by atoms with Crippen molar-refractivity contribution < 1.29 is 33.8 Å². The zero-order valence-corrected chi connectivity index (χ0v) is 19.3. The number of furan rings is 1. The molecule has 2 fully saturated rings. The molecule has 0 amide bonds. The van der Waals surface area contributed by atoms with Crippen LogP contribution in [0.3, 0.4) is 0 Å². The third-order valence-corrected chi connectivity index (χ3v) is 8.42. The van der Waals surface area contributed by atoms with Crippen LogP contribution in [0.15, 0.2) is 28.4 Å². The van der Waals surface area contributed by atoms with E-state index in [1.807, 2.05) is 13.8 Å². The predicted molar refractivity (Wildman–Crippen MR) is 114 cm³/mol. The zero-order chi connectivity index (χ0) is 23.6. The van der Waals surface area contributed by atoms with Gasteiger partial charge in [0.1, 0.15) is 5.60 Å². The molecule has 1 aromatic heterocycles. The molecule has 1 aromatic rings. The molecular formula is C25H32O7. The number of hydrogen-bond acceptors (Lipinski definition) is 7. The summed E-state index contributed by atoms with van der Waals surface area (Å²) in [6.45, 7) is 9.03. The van der Waals surface area contributed by atoms with Crippen molar-refractivity contribution in [2.45, 2.75) is 71.7 Å². The molecule has 32 heavy (non-hydrogen) atoms. The Morgan fingerprint density at radius 3 is 2.50 bits per heavy atom. The minimum Gasteiger partial charge on any atom is -0.461 e. The van der Waals surface area contributed by atoms with Gasteiger partial charge < -0.3 is 19.4 Å². The van der Waals surface area contributed by atoms with Crippen molar-refractivity contribution in [2.75, 3.05) is 0 Å². The van der Waals surface area contributed by atoms with E-state index in [-0.39, 0.29) is 42.0 Å². The minimum atomic E-state index is -1.70. The monoisotopic (exact) mass is 444 g/mol. The molecule has 174 valence electrons. The molecule has 1 aliphatic heterocycles. The number of cyclic esters (lactones) is 1. The van der Waals surface area contributed by atoms with Gasteiger partial charge in [-0.1, -0.05) is 20.8 Å². The van der Waals surface area contributed by atoms with Crippen LogP contribution in [0.1, 0.15) is 69.5 Å². The lowest BCUT2D eigenvalue weighted by Gasteiger charge is -2.61. The van der Waals surface area contributed by atoms with E-state index in [1.165, 1.54) is 12.3 Å². The van der Waals surface area contributed by atoms with Crippen molar-refractivity contribution in [3.63, 3.8) is 0 Å². The van der Waals surface area contributed by atoms with Crippen LogP contribution in [0.4, 0.5) is 0 Å². The summed E-state index contributed by atoms with van der Waals surface area (Å²) in [7, 11) is 0. The van der Waals surface area contributed by atoms with Crippen molar-refractivity contribution in [3.8, 4) is 0 Å². The molecule has 0 bridgehead atoms. The Kier molecular flexibility index (Phi) is 5.29. The van der Waals surface area contributed by atoms with Gasteiger partial charge in [0.25, 0.3) is 0 Å². The summed E-state index contributed by atoms with van der Waals surface area (Å²) in [5, 5.41) is 22.3. The SMILES string of the molecule is CC1=CC(=O)OC1(O)CC[C@@H](C)[C@]1(O)C(=O)[C@@]2([C@H](C)C(=O)c3cc(C)co3)CC[C@H](C)[C@@H]12. The number of ether oxygens (including phenoxy) is 1. The molecule has 4 rings (SSSR count). The van der Waals surface area contributed by atoms with E-state index in [1.54, 1.807) is 26.8 Å². The first-order valence-corrected chi connectivity index (χ1v) is 11.4. The maximum absolute atomic E-state index is 13.7. The third-order valence-electron chi connectivity index (χ3n) is 8.42. The first-order valence-electron chi connectivity index (χ1n) is 11.4. The Balaban J connectivity index is 1.56. The average molecular weight is 445 g/mol. The van der Waals surface area contributed by atoms with Crippen LogP contribution < -0.4 is 0 Å². The van der Waals surface area contributed by atoms with Crippen molar-refractivity contribution in [1.29, 1.82) is 0 Å². The maximum atomic E-state index is 13.7. The van der Waals surface area contributed by atoms with Gasteiger partial charge in [0.15, 0.2) is 11.5 Å². The fraction of sp³-hybridized carbons (Fsp3) is 0.640. The zero-order valence-electron chi connectivity index (χ0n) is 19.3. The first kappa shape index (κ1) is 22.9. The van der Waals surface area contributed by atoms with Crippen LogP contribution in [0.25, 0.3) is 0 Å². The number of carbonyl (C=O) groups excluding carboxylic acids is 3. The van der Waals surface area contributed by atoms with Gasteiger partial charge in [-0.05, 0) is 56.6 Å². The van der Waals surface area contributed by atoms with Crippen LogP contribution in [-0.4, -0.2) is 39.1 Å². The van der Waals surface area contributed by atoms with Gasteiger partial charge in [-0.15, -0.1) is 0 Å². The second kappa shape index (κ2) is 7.39. The number of esters is 1. The van der Waals surface area contributed by atoms with E-state index in [0.29, 0.717) is 12.0 Å². The molecule has 7 nitrogen and oxygen atoms in total. The number of rotatable bonds is 7. The maximum Gasteiger partial charge on any atom is 0.333 e. The highest BCUT2D eigenvalue weighted by atomic mass is 16.7. The Bertz CT molecular complexity index is 1010. The third kappa shape index (κ3) is 2.97. The highest BCUT2D eigenvalue weighted by molar-refractivity contribution is 6.07. The molecule has 2 saturated carbocycles. The van der Waals surface area contributed by atoms with E-state index in [4.69, 9.17) is 9.15 Å². The highest BCUT2D eigenvalue weighted by Crippen LogP contribution is 2.68. The molecular weight excluding hydrogens is 412 g/mol. The Morgan fingerprint density at radius 2 is 1.94 bits per heavy atom. The van der Waals surface area contributed by atoms with Gasteiger partial charge in [-0.3, -0.25) is 9.59 Å². The smallest absolute Gasteiger partial charge is 0.333 e. The first-order chi connectivity index (χ1) is 14.9. The van der Waals surface area contributed by atoms with Gasteiger partial charge in [-0.25, -0.2) is 4.79 Å². The van der Waals surface area contributed by atoms with Crippen LogP contribution in [0.5, 0.6) is 0 Å². The molecule has 1 unspecified atom stereocenters. The molecule has 2 N–H and O–H groups in total. The molecule has 3 aliphatic rings. The minimum absolute atomic E-state index is 0.0720. The molecule has 2 aliphatic carbocycles. The summed E-state index contributed by atoms with van der Waals surface area (Å²) in [4.78, 5) is 38.3. The number of fused-ring (bicyclic) bond motifs is 1. The normalized spacial score (nSPS) is 38.0. The molecule has 0 spiro atoms. The largest absolute Gasteiger partial charge is 0.461 e. The van der Waals surface area contributed by atoms with Crippen LogP contribution in [-0.2, 0) is 14.3 Å². The second-order valence-corrected chi connectivity index (χ2v) is 10.2. The summed E-state index contributed by atoms with van der Waals surface area (Å²) in [5.41, 5.74) is -1.24. The van der Waals surface area contributed by atoms with Crippen LogP contribution in [0, 0.1) is 36.0 Å². The molecule has 7 atom stereocenters. The lowest BCUT2D eigenvalue weighted by Crippen LogP contribution is -2.74. The molecule has 2 heterocycles. The van der Waals surface area contributed by atoms with E-state index in [9.17, 15) is 24.6 Å². The van der Waals surface area contributed by atoms with Crippen LogP contribution in [0.2, 0.25) is 0 Å². The number of aryl methyl sites for hydroxylation is 1. The number of carbonyl (C=O) groups is 3. The molecule has 0 aromatic carbocycles. The van der Waals surface area contributed by atoms with Crippen molar-refractivity contribution >= 4 is 17.5 Å². The van der Waals surface area contributed by atoms with E-state index < -0.39 is 34.6 Å². The summed E-state index contributed by atoms with van der Waals surface area (Å²) in [6.07, 6.45) is 4.46. The standard InChI is InChI=1S/C25H32O7/c1-13-10-18(31-12-13)20(27)17(5)23-8-6-14(2)21(23)25(30,22(23)28)15(3)7-9-24(29)16(4)11-19(26)32-24/h10-12,14-15,17,21,29-30H,6-9H2,1-5H3/t14-,15+,17+,21+,23+,24?,25+/m0/s1. The van der Waals surface area contributed by atoms with Gasteiger partial charge >= 0.3 is 5.97 Å². The van der Waals surface area contributed by atoms with Crippen molar-refractivity contribution in [1.82, 2.24) is 0 Å². The van der Waals surface area contributed by atoms with Gasteiger partial charge in [0, 0.05) is 35.3 Å². The van der Waals surface area contributed by atoms with Gasteiger partial charge in [0.05, 0.1) is 6.26 Å². The lowest BCUT2D eigenvalue weighted by atomic mass is 9.42. The lowest BCUT2D eigenvalue weighted by molar-refractivity contribution is -0.219. The van der Waals surface area contributed by atoms with E-state index >= 15 is 0 Å². The predicted octanol–water partition coefficient (Wildman–Crippen LogP) is 3.36. The topological polar surface area (TPSA) is 114 Å².